The van der Waals surface area contributed by atoms with Crippen molar-refractivity contribution in [3.8, 4) is 5.69 Å². The Morgan fingerprint density at radius 3 is 2.46 bits per heavy atom. The van der Waals surface area contributed by atoms with Gasteiger partial charge in [0.15, 0.2) is 5.69 Å². The van der Waals surface area contributed by atoms with Crippen molar-refractivity contribution in [1.29, 1.82) is 0 Å². The van der Waals surface area contributed by atoms with Crippen molar-refractivity contribution in [2.45, 2.75) is 27.2 Å². The van der Waals surface area contributed by atoms with Crippen molar-refractivity contribution < 1.29 is 14.7 Å². The van der Waals surface area contributed by atoms with Crippen molar-refractivity contribution in [3.63, 3.8) is 0 Å². The first-order chi connectivity index (χ1) is 11.3. The maximum absolute atomic E-state index is 12.7. The maximum Gasteiger partial charge on any atom is 0.311 e. The highest BCUT2D eigenvalue weighted by Gasteiger charge is 2.43. The number of amides is 1. The maximum atomic E-state index is 12.7. The van der Waals surface area contributed by atoms with Gasteiger partial charge < -0.3 is 10.0 Å². The number of carboxylic acid groups (broad SMARTS) is 1. The second-order valence-electron chi connectivity index (χ2n) is 6.61. The Bertz CT molecular complexity index is 797. The fraction of sp³-hybridized carbons (Fsp3) is 0.412. The van der Waals surface area contributed by atoms with Crippen molar-refractivity contribution in [2.75, 3.05) is 13.1 Å². The van der Waals surface area contributed by atoms with E-state index in [4.69, 9.17) is 0 Å². The van der Waals surface area contributed by atoms with Crippen LogP contribution >= 0.6 is 0 Å². The summed E-state index contributed by atoms with van der Waals surface area (Å²) in [5, 5.41) is 17.4. The normalized spacial score (nSPS) is 20.4. The molecule has 24 heavy (non-hydrogen) atoms. The molecule has 1 N–H and O–H groups in total. The van der Waals surface area contributed by atoms with E-state index >= 15 is 0 Å². The molecule has 1 aliphatic rings. The highest BCUT2D eigenvalue weighted by molar-refractivity contribution is 5.94. The molecule has 1 atom stereocenters. The zero-order valence-corrected chi connectivity index (χ0v) is 14.0. The van der Waals surface area contributed by atoms with E-state index in [1.54, 1.807) is 23.4 Å². The van der Waals surface area contributed by atoms with Gasteiger partial charge in [0.1, 0.15) is 0 Å². The minimum Gasteiger partial charge on any atom is -0.481 e. The first kappa shape index (κ1) is 16.2. The number of likely N-dealkylation sites (tertiary alicyclic amines) is 1. The van der Waals surface area contributed by atoms with Crippen LogP contribution < -0.4 is 0 Å². The fourth-order valence-corrected chi connectivity index (χ4v) is 2.92. The standard InChI is InChI=1S/C17H20N4O3/c1-11-4-6-13(7-5-11)21-12(2)14(18-19-21)15(22)20-9-8-17(3,10-20)16(23)24/h4-7H,8-10H2,1-3H3,(H,23,24)/t17-/m1/s1. The summed E-state index contributed by atoms with van der Waals surface area (Å²) < 4.78 is 1.62. The Balaban J connectivity index is 1.85. The molecule has 2 aromatic rings. The van der Waals surface area contributed by atoms with E-state index in [0.717, 1.165) is 11.3 Å². The number of hydrogen-bond donors (Lipinski definition) is 1. The lowest BCUT2D eigenvalue weighted by molar-refractivity contribution is -0.147. The minimum absolute atomic E-state index is 0.192. The van der Waals surface area contributed by atoms with E-state index in [0.29, 0.717) is 18.7 Å². The summed E-state index contributed by atoms with van der Waals surface area (Å²) >= 11 is 0. The SMILES string of the molecule is Cc1ccc(-n2nnc(C(=O)N3CC[C@@](C)(C(=O)O)C3)c2C)cc1. The molecule has 1 aliphatic heterocycles. The molecule has 7 nitrogen and oxygen atoms in total. The van der Waals surface area contributed by atoms with E-state index in [-0.39, 0.29) is 18.1 Å². The molecule has 1 saturated heterocycles. The van der Waals surface area contributed by atoms with Gasteiger partial charge in [-0.25, -0.2) is 4.68 Å². The topological polar surface area (TPSA) is 88.3 Å². The molecule has 0 bridgehead atoms. The highest BCUT2D eigenvalue weighted by Crippen LogP contribution is 2.31. The van der Waals surface area contributed by atoms with Gasteiger partial charge in [0.2, 0.25) is 0 Å². The highest BCUT2D eigenvalue weighted by atomic mass is 16.4. The van der Waals surface area contributed by atoms with Crippen LogP contribution in [0.1, 0.15) is 35.1 Å². The number of benzene rings is 1. The van der Waals surface area contributed by atoms with E-state index in [9.17, 15) is 14.7 Å². The fourth-order valence-electron chi connectivity index (χ4n) is 2.92. The molecule has 0 radical (unpaired) electrons. The smallest absolute Gasteiger partial charge is 0.311 e. The van der Waals surface area contributed by atoms with Crippen LogP contribution in [0.5, 0.6) is 0 Å². The molecule has 0 saturated carbocycles. The summed E-state index contributed by atoms with van der Waals surface area (Å²) in [6.45, 7) is 6.06. The number of carbonyl (C=O) groups excluding carboxylic acids is 1. The molecular weight excluding hydrogens is 308 g/mol. The summed E-state index contributed by atoms with van der Waals surface area (Å²) in [5.41, 5.74) is 1.99. The molecule has 0 aliphatic carbocycles. The quantitative estimate of drug-likeness (QED) is 0.928. The summed E-state index contributed by atoms with van der Waals surface area (Å²) in [6.07, 6.45) is 0.444. The van der Waals surface area contributed by atoms with Crippen LogP contribution in [0, 0.1) is 19.3 Å². The van der Waals surface area contributed by atoms with Gasteiger partial charge in [0.05, 0.1) is 16.8 Å². The van der Waals surface area contributed by atoms with Crippen molar-refractivity contribution in [1.82, 2.24) is 19.9 Å². The number of aliphatic carboxylic acids is 1. The lowest BCUT2D eigenvalue weighted by Gasteiger charge is -2.19. The van der Waals surface area contributed by atoms with Gasteiger partial charge in [-0.3, -0.25) is 9.59 Å². The van der Waals surface area contributed by atoms with Crippen LogP contribution in [0.3, 0.4) is 0 Å². The van der Waals surface area contributed by atoms with Crippen LogP contribution in [0.2, 0.25) is 0 Å². The average molecular weight is 328 g/mol. The summed E-state index contributed by atoms with van der Waals surface area (Å²) in [4.78, 5) is 25.6. The van der Waals surface area contributed by atoms with Crippen molar-refractivity contribution in [3.05, 3.63) is 41.2 Å². The summed E-state index contributed by atoms with van der Waals surface area (Å²) in [5.74, 6) is -1.14. The molecular formula is C17H20N4O3. The van der Waals surface area contributed by atoms with Crippen LogP contribution in [-0.2, 0) is 4.79 Å². The van der Waals surface area contributed by atoms with Gasteiger partial charge in [-0.2, -0.15) is 0 Å². The van der Waals surface area contributed by atoms with Crippen LogP contribution in [0.15, 0.2) is 24.3 Å². The largest absolute Gasteiger partial charge is 0.481 e. The average Bonchev–Trinajstić information content (AvgIpc) is 3.12. The van der Waals surface area contributed by atoms with Crippen molar-refractivity contribution in [2.24, 2.45) is 5.41 Å². The minimum atomic E-state index is -0.892. The van der Waals surface area contributed by atoms with E-state index < -0.39 is 11.4 Å². The number of hydrogen-bond acceptors (Lipinski definition) is 4. The molecule has 1 fully saturated rings. The zero-order chi connectivity index (χ0) is 17.5. The van der Waals surface area contributed by atoms with Gasteiger partial charge in [0, 0.05) is 13.1 Å². The third-order valence-corrected chi connectivity index (χ3v) is 4.65. The number of aromatic nitrogens is 3. The molecule has 0 spiro atoms. The Kier molecular flexibility index (Phi) is 3.87. The third kappa shape index (κ3) is 2.66. The third-order valence-electron chi connectivity index (χ3n) is 4.65. The molecule has 126 valence electrons. The molecule has 1 amide bonds. The number of carboxylic acids is 1. The molecule has 2 heterocycles. The van der Waals surface area contributed by atoms with Gasteiger partial charge in [-0.05, 0) is 39.3 Å². The number of nitrogens with zero attached hydrogens (tertiary/aromatic N) is 4. The predicted octanol–water partition coefficient (Wildman–Crippen LogP) is 1.82. The lowest BCUT2D eigenvalue weighted by atomic mass is 9.90. The van der Waals surface area contributed by atoms with Crippen LogP contribution in [0.25, 0.3) is 5.69 Å². The number of rotatable bonds is 3. The van der Waals surface area contributed by atoms with Gasteiger partial charge in [0.25, 0.3) is 5.91 Å². The number of carbonyl (C=O) groups is 2. The molecule has 1 aromatic heterocycles. The molecule has 3 rings (SSSR count). The second-order valence-corrected chi connectivity index (χ2v) is 6.61. The van der Waals surface area contributed by atoms with Gasteiger partial charge >= 0.3 is 5.97 Å². The molecule has 0 unspecified atom stereocenters. The lowest BCUT2D eigenvalue weighted by Crippen LogP contribution is -2.35. The summed E-state index contributed by atoms with van der Waals surface area (Å²) in [7, 11) is 0. The van der Waals surface area contributed by atoms with E-state index in [2.05, 4.69) is 10.3 Å². The Morgan fingerprint density at radius 2 is 1.88 bits per heavy atom. The Hall–Kier alpha value is -2.70. The zero-order valence-electron chi connectivity index (χ0n) is 14.0. The molecule has 7 heteroatoms. The van der Waals surface area contributed by atoms with Crippen LogP contribution in [-0.4, -0.2) is 50.0 Å². The first-order valence-electron chi connectivity index (χ1n) is 7.84. The van der Waals surface area contributed by atoms with Crippen LogP contribution in [0.4, 0.5) is 0 Å². The van der Waals surface area contributed by atoms with E-state index in [1.165, 1.54) is 0 Å². The van der Waals surface area contributed by atoms with Crippen molar-refractivity contribution >= 4 is 11.9 Å². The van der Waals surface area contributed by atoms with Gasteiger partial charge in [-0.15, -0.1) is 5.10 Å². The predicted molar refractivity (Wildman–Crippen MR) is 87.1 cm³/mol. The monoisotopic (exact) mass is 328 g/mol. The van der Waals surface area contributed by atoms with Gasteiger partial charge in [-0.1, -0.05) is 22.9 Å². The second kappa shape index (κ2) is 5.74. The Morgan fingerprint density at radius 1 is 1.21 bits per heavy atom. The first-order valence-corrected chi connectivity index (χ1v) is 7.84. The summed E-state index contributed by atoms with van der Waals surface area (Å²) in [6, 6.07) is 7.78. The number of aryl methyl sites for hydroxylation is 1. The molecule has 1 aromatic carbocycles. The Labute approximate surface area is 139 Å². The van der Waals surface area contributed by atoms with E-state index in [1.807, 2.05) is 31.2 Å².